The molecule has 0 bridgehead atoms. The molecule has 2 saturated heterocycles. The second kappa shape index (κ2) is 6.27. The molecule has 2 aliphatic heterocycles. The highest BCUT2D eigenvalue weighted by Gasteiger charge is 2.40. The summed E-state index contributed by atoms with van der Waals surface area (Å²) in [7, 11) is -1.32. The molecular weight excluding hydrogens is 276 g/mol. The predicted octanol–water partition coefficient (Wildman–Crippen LogP) is 0.0688. The highest BCUT2D eigenvalue weighted by atomic mass is 32.2. The maximum Gasteiger partial charge on any atom is 0.282 e. The Kier molecular flexibility index (Phi) is 5.07. The van der Waals surface area contributed by atoms with Crippen molar-refractivity contribution in [2.24, 2.45) is 5.73 Å². The lowest BCUT2D eigenvalue weighted by Crippen LogP contribution is -2.61. The minimum absolute atomic E-state index is 0.0287. The van der Waals surface area contributed by atoms with E-state index in [1.807, 2.05) is 0 Å². The Balaban J connectivity index is 2.17. The van der Waals surface area contributed by atoms with E-state index in [1.165, 1.54) is 0 Å². The van der Waals surface area contributed by atoms with Crippen molar-refractivity contribution in [1.82, 2.24) is 13.5 Å². The Labute approximate surface area is 123 Å². The third-order valence-corrected chi connectivity index (χ3v) is 6.82. The van der Waals surface area contributed by atoms with Crippen molar-refractivity contribution in [3.8, 4) is 0 Å². The first-order valence-corrected chi connectivity index (χ1v) is 8.96. The van der Waals surface area contributed by atoms with E-state index >= 15 is 0 Å². The van der Waals surface area contributed by atoms with Gasteiger partial charge in [0.05, 0.1) is 0 Å². The van der Waals surface area contributed by atoms with E-state index in [4.69, 9.17) is 5.73 Å². The summed E-state index contributed by atoms with van der Waals surface area (Å²) >= 11 is 0. The van der Waals surface area contributed by atoms with Crippen molar-refractivity contribution in [2.75, 3.05) is 33.2 Å². The van der Waals surface area contributed by atoms with E-state index in [9.17, 15) is 8.42 Å². The Hall–Kier alpha value is -0.210. The molecule has 0 aromatic rings. The molecule has 7 heteroatoms. The summed E-state index contributed by atoms with van der Waals surface area (Å²) < 4.78 is 29.1. The molecule has 0 saturated carbocycles. The van der Waals surface area contributed by atoms with Gasteiger partial charge in [-0.15, -0.1) is 0 Å². The van der Waals surface area contributed by atoms with Gasteiger partial charge in [-0.2, -0.15) is 17.0 Å². The summed E-state index contributed by atoms with van der Waals surface area (Å²) in [6, 6.07) is 0.461. The average Bonchev–Trinajstić information content (AvgIpc) is 2.44. The summed E-state index contributed by atoms with van der Waals surface area (Å²) in [5.41, 5.74) is 5.76. The number of nitrogens with two attached hydrogens (primary N) is 1. The van der Waals surface area contributed by atoms with Crippen LogP contribution in [0.3, 0.4) is 0 Å². The summed E-state index contributed by atoms with van der Waals surface area (Å²) in [6.07, 6.45) is 2.90. The van der Waals surface area contributed by atoms with Crippen LogP contribution in [0.5, 0.6) is 0 Å². The van der Waals surface area contributed by atoms with Crippen molar-refractivity contribution in [1.29, 1.82) is 0 Å². The summed E-state index contributed by atoms with van der Waals surface area (Å²) in [4.78, 5) is 2.24. The highest BCUT2D eigenvalue weighted by molar-refractivity contribution is 7.86. The van der Waals surface area contributed by atoms with Crippen LogP contribution in [0.4, 0.5) is 0 Å². The van der Waals surface area contributed by atoms with Crippen molar-refractivity contribution in [2.45, 2.75) is 51.2 Å². The monoisotopic (exact) mass is 304 g/mol. The number of piperazine rings is 1. The molecule has 0 aliphatic carbocycles. The van der Waals surface area contributed by atoms with Crippen LogP contribution < -0.4 is 5.73 Å². The molecule has 6 nitrogen and oxygen atoms in total. The second-order valence-corrected chi connectivity index (χ2v) is 8.07. The second-order valence-electron chi connectivity index (χ2n) is 6.18. The molecule has 2 fully saturated rings. The Morgan fingerprint density at radius 2 is 1.75 bits per heavy atom. The molecular formula is C13H28N4O2S. The van der Waals surface area contributed by atoms with Gasteiger partial charge in [0.15, 0.2) is 0 Å². The van der Waals surface area contributed by atoms with Gasteiger partial charge in [0, 0.05) is 44.3 Å². The number of rotatable bonds is 3. The Morgan fingerprint density at radius 1 is 1.15 bits per heavy atom. The van der Waals surface area contributed by atoms with Crippen LogP contribution in [0.1, 0.15) is 33.1 Å². The van der Waals surface area contributed by atoms with E-state index in [0.29, 0.717) is 26.2 Å². The summed E-state index contributed by atoms with van der Waals surface area (Å²) in [5, 5.41) is 0. The van der Waals surface area contributed by atoms with Gasteiger partial charge in [0.1, 0.15) is 0 Å². The third-order valence-electron chi connectivity index (χ3n) is 4.79. The minimum Gasteiger partial charge on any atom is -0.329 e. The largest absolute Gasteiger partial charge is 0.329 e. The van der Waals surface area contributed by atoms with Crippen molar-refractivity contribution < 1.29 is 8.42 Å². The van der Waals surface area contributed by atoms with Crippen LogP contribution in [0.2, 0.25) is 0 Å². The lowest BCUT2D eigenvalue weighted by Gasteiger charge is -2.45. The molecule has 20 heavy (non-hydrogen) atoms. The molecule has 2 rings (SSSR count). The molecule has 0 radical (unpaired) electrons. The van der Waals surface area contributed by atoms with Gasteiger partial charge in [-0.25, -0.2) is 0 Å². The van der Waals surface area contributed by atoms with Crippen LogP contribution in [-0.2, 0) is 10.2 Å². The molecule has 118 valence electrons. The molecule has 0 amide bonds. The smallest absolute Gasteiger partial charge is 0.282 e. The average molecular weight is 304 g/mol. The van der Waals surface area contributed by atoms with Crippen LogP contribution in [0.25, 0.3) is 0 Å². The van der Waals surface area contributed by atoms with Crippen LogP contribution >= 0.6 is 0 Å². The number of nitrogens with zero attached hydrogens (tertiary/aromatic N) is 3. The molecule has 3 unspecified atom stereocenters. The zero-order chi connectivity index (χ0) is 14.9. The summed E-state index contributed by atoms with van der Waals surface area (Å²) in [5.74, 6) is 0. The number of piperidine rings is 1. The zero-order valence-corrected chi connectivity index (χ0v) is 13.6. The molecule has 2 N–H and O–H groups in total. The number of hydrogen-bond acceptors (Lipinski definition) is 4. The quantitative estimate of drug-likeness (QED) is 0.801. The maximum atomic E-state index is 12.9. The van der Waals surface area contributed by atoms with Gasteiger partial charge in [-0.05, 0) is 33.7 Å². The van der Waals surface area contributed by atoms with Gasteiger partial charge >= 0.3 is 0 Å². The Bertz CT molecular complexity index is 416. The summed E-state index contributed by atoms with van der Waals surface area (Å²) in [6.45, 7) is 6.31. The molecule has 0 aromatic heterocycles. The van der Waals surface area contributed by atoms with Crippen molar-refractivity contribution >= 4 is 10.2 Å². The minimum atomic E-state index is -3.38. The van der Waals surface area contributed by atoms with Crippen molar-refractivity contribution in [3.63, 3.8) is 0 Å². The fourth-order valence-electron chi connectivity index (χ4n) is 3.21. The topological polar surface area (TPSA) is 69.9 Å². The molecule has 0 aromatic carbocycles. The van der Waals surface area contributed by atoms with Crippen LogP contribution in [0, 0.1) is 0 Å². The van der Waals surface area contributed by atoms with Crippen LogP contribution in [0.15, 0.2) is 0 Å². The first-order valence-electron chi connectivity index (χ1n) is 7.56. The molecule has 2 heterocycles. The van der Waals surface area contributed by atoms with Gasteiger partial charge in [-0.3, -0.25) is 4.90 Å². The lowest BCUT2D eigenvalue weighted by molar-refractivity contribution is 0.0976. The van der Waals surface area contributed by atoms with Gasteiger partial charge < -0.3 is 5.73 Å². The van der Waals surface area contributed by atoms with Gasteiger partial charge in [0.2, 0.25) is 0 Å². The van der Waals surface area contributed by atoms with Gasteiger partial charge in [-0.1, -0.05) is 6.42 Å². The van der Waals surface area contributed by atoms with Crippen LogP contribution in [-0.4, -0.2) is 73.3 Å². The normalized spacial score (nSPS) is 35.3. The fraction of sp³-hybridized carbons (Fsp3) is 1.00. The SMILES string of the molecule is CC1CN(S(=O)(=O)N2CCCCC2CN)CC(C)N1C. The number of hydrogen-bond donors (Lipinski definition) is 1. The van der Waals surface area contributed by atoms with E-state index in [1.54, 1.807) is 8.61 Å². The first kappa shape index (κ1) is 16.2. The van der Waals surface area contributed by atoms with Gasteiger partial charge in [0.25, 0.3) is 10.2 Å². The lowest BCUT2D eigenvalue weighted by atomic mass is 10.1. The highest BCUT2D eigenvalue weighted by Crippen LogP contribution is 2.25. The van der Waals surface area contributed by atoms with E-state index in [2.05, 4.69) is 25.8 Å². The van der Waals surface area contributed by atoms with E-state index in [0.717, 1.165) is 19.3 Å². The predicted molar refractivity (Wildman–Crippen MR) is 80.6 cm³/mol. The Morgan fingerprint density at radius 3 is 2.30 bits per heavy atom. The first-order chi connectivity index (χ1) is 9.37. The molecule has 2 aliphatic rings. The third kappa shape index (κ3) is 3.01. The molecule has 0 spiro atoms. The van der Waals surface area contributed by atoms with E-state index < -0.39 is 10.2 Å². The van der Waals surface area contributed by atoms with Crippen molar-refractivity contribution in [3.05, 3.63) is 0 Å². The maximum absolute atomic E-state index is 12.9. The number of likely N-dealkylation sites (N-methyl/N-ethyl adjacent to an activating group) is 1. The van der Waals surface area contributed by atoms with E-state index in [-0.39, 0.29) is 18.1 Å². The standard InChI is InChI=1S/C13H28N4O2S/c1-11-9-16(10-12(2)15(11)3)20(18,19)17-7-5-4-6-13(17)8-14/h11-13H,4-10,14H2,1-3H3. The zero-order valence-electron chi connectivity index (χ0n) is 12.8. The fourth-order valence-corrected chi connectivity index (χ4v) is 5.24. The molecule has 3 atom stereocenters.